The Morgan fingerprint density at radius 1 is 1.25 bits per heavy atom. The van der Waals surface area contributed by atoms with Gasteiger partial charge in [-0.25, -0.2) is 0 Å². The Morgan fingerprint density at radius 3 is 2.65 bits per heavy atom. The SMILES string of the molecule is Cc1cc(C(=O)N[C@@H]2CCC[C@@H](O)[C@H]2O)c(C)cc1Br. The van der Waals surface area contributed by atoms with Crippen LogP contribution in [0.25, 0.3) is 0 Å². The van der Waals surface area contributed by atoms with E-state index in [1.54, 1.807) is 0 Å². The maximum Gasteiger partial charge on any atom is 0.251 e. The van der Waals surface area contributed by atoms with Gasteiger partial charge in [-0.1, -0.05) is 15.9 Å². The fourth-order valence-corrected chi connectivity index (χ4v) is 3.04. The highest BCUT2D eigenvalue weighted by molar-refractivity contribution is 9.10. The Bertz CT molecular complexity index is 518. The Balaban J connectivity index is 2.14. The molecule has 110 valence electrons. The second kappa shape index (κ2) is 6.24. The average molecular weight is 342 g/mol. The molecule has 3 N–H and O–H groups in total. The molecule has 0 unspecified atom stereocenters. The molecule has 1 aromatic rings. The Kier molecular flexibility index (Phi) is 4.83. The maximum atomic E-state index is 12.3. The lowest BCUT2D eigenvalue weighted by Gasteiger charge is -2.32. The van der Waals surface area contributed by atoms with Gasteiger partial charge in [0.1, 0.15) is 0 Å². The summed E-state index contributed by atoms with van der Waals surface area (Å²) in [5.41, 5.74) is 2.48. The zero-order chi connectivity index (χ0) is 14.9. The molecule has 5 heteroatoms. The summed E-state index contributed by atoms with van der Waals surface area (Å²) in [5.74, 6) is -0.198. The summed E-state index contributed by atoms with van der Waals surface area (Å²) >= 11 is 3.44. The Hall–Kier alpha value is -0.910. The lowest BCUT2D eigenvalue weighted by Crippen LogP contribution is -2.51. The number of aliphatic hydroxyl groups excluding tert-OH is 2. The van der Waals surface area contributed by atoms with Crippen molar-refractivity contribution in [2.45, 2.75) is 51.4 Å². The third-order valence-corrected chi connectivity index (χ3v) is 4.74. The number of rotatable bonds is 2. The van der Waals surface area contributed by atoms with Crippen LogP contribution < -0.4 is 5.32 Å². The number of hydrogen-bond acceptors (Lipinski definition) is 3. The van der Waals surface area contributed by atoms with E-state index in [0.29, 0.717) is 18.4 Å². The second-order valence-electron chi connectivity index (χ2n) is 5.49. The first-order chi connectivity index (χ1) is 9.40. The third kappa shape index (κ3) is 3.22. The molecule has 1 aromatic carbocycles. The molecular formula is C15H20BrNO3. The van der Waals surface area contributed by atoms with Crippen LogP contribution in [-0.4, -0.2) is 34.4 Å². The molecule has 0 spiro atoms. The van der Waals surface area contributed by atoms with Crippen LogP contribution in [-0.2, 0) is 0 Å². The molecule has 3 atom stereocenters. The van der Waals surface area contributed by atoms with Crippen molar-refractivity contribution >= 4 is 21.8 Å². The maximum absolute atomic E-state index is 12.3. The highest BCUT2D eigenvalue weighted by Crippen LogP contribution is 2.23. The van der Waals surface area contributed by atoms with Crippen molar-refractivity contribution in [1.82, 2.24) is 5.32 Å². The van der Waals surface area contributed by atoms with Crippen LogP contribution in [0.1, 0.15) is 40.7 Å². The van der Waals surface area contributed by atoms with Gasteiger partial charge in [-0.2, -0.15) is 0 Å². The molecule has 1 fully saturated rings. The molecular weight excluding hydrogens is 322 g/mol. The van der Waals surface area contributed by atoms with Crippen LogP contribution in [0.3, 0.4) is 0 Å². The van der Waals surface area contributed by atoms with E-state index in [1.807, 2.05) is 26.0 Å². The summed E-state index contributed by atoms with van der Waals surface area (Å²) in [7, 11) is 0. The molecule has 1 saturated carbocycles. The fourth-order valence-electron chi connectivity index (χ4n) is 2.59. The largest absolute Gasteiger partial charge is 0.390 e. The number of benzene rings is 1. The topological polar surface area (TPSA) is 69.6 Å². The van der Waals surface area contributed by atoms with Crippen molar-refractivity contribution in [2.75, 3.05) is 0 Å². The summed E-state index contributed by atoms with van der Waals surface area (Å²) in [6, 6.07) is 3.37. The smallest absolute Gasteiger partial charge is 0.251 e. The van der Waals surface area contributed by atoms with Gasteiger partial charge in [-0.05, 0) is 56.4 Å². The van der Waals surface area contributed by atoms with Gasteiger partial charge in [-0.15, -0.1) is 0 Å². The minimum atomic E-state index is -0.885. The zero-order valence-electron chi connectivity index (χ0n) is 11.7. The van der Waals surface area contributed by atoms with Crippen molar-refractivity contribution in [3.05, 3.63) is 33.3 Å². The monoisotopic (exact) mass is 341 g/mol. The molecule has 1 amide bonds. The normalized spacial score (nSPS) is 26.4. The first-order valence-electron chi connectivity index (χ1n) is 6.84. The van der Waals surface area contributed by atoms with Crippen LogP contribution in [0.5, 0.6) is 0 Å². The predicted molar refractivity (Wildman–Crippen MR) is 80.7 cm³/mol. The van der Waals surface area contributed by atoms with Crippen molar-refractivity contribution in [3.8, 4) is 0 Å². The van der Waals surface area contributed by atoms with Gasteiger partial charge < -0.3 is 15.5 Å². The minimum Gasteiger partial charge on any atom is -0.390 e. The molecule has 0 saturated heterocycles. The van der Waals surface area contributed by atoms with E-state index < -0.39 is 12.2 Å². The van der Waals surface area contributed by atoms with Crippen LogP contribution >= 0.6 is 15.9 Å². The first-order valence-corrected chi connectivity index (χ1v) is 7.63. The van der Waals surface area contributed by atoms with E-state index >= 15 is 0 Å². The van der Waals surface area contributed by atoms with Gasteiger partial charge >= 0.3 is 0 Å². The summed E-state index contributed by atoms with van der Waals surface area (Å²) < 4.78 is 0.972. The van der Waals surface area contributed by atoms with E-state index in [4.69, 9.17) is 0 Å². The zero-order valence-corrected chi connectivity index (χ0v) is 13.3. The second-order valence-corrected chi connectivity index (χ2v) is 6.34. The number of carbonyl (C=O) groups excluding carboxylic acids is 1. The lowest BCUT2D eigenvalue weighted by molar-refractivity contribution is -0.0278. The molecule has 4 nitrogen and oxygen atoms in total. The van der Waals surface area contributed by atoms with Crippen LogP contribution in [0.15, 0.2) is 16.6 Å². The molecule has 0 aliphatic heterocycles. The lowest BCUT2D eigenvalue weighted by atomic mass is 9.89. The van der Waals surface area contributed by atoms with E-state index in [-0.39, 0.29) is 11.9 Å². The number of carbonyl (C=O) groups is 1. The Labute approximate surface area is 127 Å². The highest BCUT2D eigenvalue weighted by Gasteiger charge is 2.31. The van der Waals surface area contributed by atoms with Gasteiger partial charge in [0.15, 0.2) is 0 Å². The average Bonchev–Trinajstić information content (AvgIpc) is 2.39. The van der Waals surface area contributed by atoms with E-state index in [0.717, 1.165) is 22.0 Å². The van der Waals surface area contributed by atoms with Crippen molar-refractivity contribution in [1.29, 1.82) is 0 Å². The molecule has 0 aromatic heterocycles. The molecule has 0 heterocycles. The van der Waals surface area contributed by atoms with Gasteiger partial charge in [0.25, 0.3) is 5.91 Å². The number of aliphatic hydroxyl groups is 2. The standard InChI is InChI=1S/C15H20BrNO3/c1-8-7-11(16)9(2)6-10(8)15(20)17-12-4-3-5-13(18)14(12)19/h6-7,12-14,18-19H,3-5H2,1-2H3,(H,17,20)/t12-,13-,14+/m1/s1. The summed E-state index contributed by atoms with van der Waals surface area (Å²) in [6.07, 6.45) is 0.454. The van der Waals surface area contributed by atoms with Gasteiger partial charge in [0.2, 0.25) is 0 Å². The number of amides is 1. The van der Waals surface area contributed by atoms with E-state index in [9.17, 15) is 15.0 Å². The molecule has 1 aliphatic carbocycles. The molecule has 20 heavy (non-hydrogen) atoms. The molecule has 2 rings (SSSR count). The van der Waals surface area contributed by atoms with Crippen LogP contribution in [0, 0.1) is 13.8 Å². The molecule has 1 aliphatic rings. The highest BCUT2D eigenvalue weighted by atomic mass is 79.9. The summed E-state index contributed by atoms with van der Waals surface area (Å²) in [6.45, 7) is 3.81. The quantitative estimate of drug-likeness (QED) is 0.771. The third-order valence-electron chi connectivity index (χ3n) is 3.89. The predicted octanol–water partition coefficient (Wildman–Crippen LogP) is 2.07. The minimum absolute atomic E-state index is 0.198. The van der Waals surface area contributed by atoms with Crippen molar-refractivity contribution in [3.63, 3.8) is 0 Å². The van der Waals surface area contributed by atoms with E-state index in [2.05, 4.69) is 21.2 Å². The number of hydrogen-bond donors (Lipinski definition) is 3. The summed E-state index contributed by atoms with van der Waals surface area (Å²) in [4.78, 5) is 12.3. The number of halogens is 1. The van der Waals surface area contributed by atoms with Gasteiger partial charge in [0, 0.05) is 10.0 Å². The van der Waals surface area contributed by atoms with Crippen LogP contribution in [0.4, 0.5) is 0 Å². The van der Waals surface area contributed by atoms with E-state index in [1.165, 1.54) is 0 Å². The van der Waals surface area contributed by atoms with Gasteiger partial charge in [0.05, 0.1) is 18.2 Å². The van der Waals surface area contributed by atoms with Crippen molar-refractivity contribution in [2.24, 2.45) is 0 Å². The fraction of sp³-hybridized carbons (Fsp3) is 0.533. The van der Waals surface area contributed by atoms with Gasteiger partial charge in [-0.3, -0.25) is 4.79 Å². The van der Waals surface area contributed by atoms with Crippen molar-refractivity contribution < 1.29 is 15.0 Å². The summed E-state index contributed by atoms with van der Waals surface area (Å²) in [5, 5.41) is 22.4. The Morgan fingerprint density at radius 2 is 1.95 bits per heavy atom. The first kappa shape index (κ1) is 15.5. The number of nitrogens with one attached hydrogen (secondary N) is 1. The molecule has 0 bridgehead atoms. The molecule has 0 radical (unpaired) electrons. The number of aryl methyl sites for hydroxylation is 2. The van der Waals surface area contributed by atoms with Crippen LogP contribution in [0.2, 0.25) is 0 Å².